The molecule has 12 heteroatoms. The molecule has 0 bridgehead atoms. The van der Waals surface area contributed by atoms with Crippen LogP contribution in [0.15, 0.2) is 0 Å². The van der Waals surface area contributed by atoms with E-state index in [0.717, 1.165) is 0 Å². The lowest BCUT2D eigenvalue weighted by Gasteiger charge is -2.47. The first-order valence-electron chi connectivity index (χ1n) is 3.28. The summed E-state index contributed by atoms with van der Waals surface area (Å²) >= 11 is 60.4. The van der Waals surface area contributed by atoms with Crippen LogP contribution in [0.5, 0.6) is 0 Å². The van der Waals surface area contributed by atoms with Crippen LogP contribution in [0.1, 0.15) is 0 Å². The fourth-order valence-electron chi connectivity index (χ4n) is 0.721. The Hall–Kier alpha value is 3.15. The Kier molecular flexibility index (Phi) is 6.80. The molecule has 1 unspecified atom stereocenters. The van der Waals surface area contributed by atoms with Crippen molar-refractivity contribution >= 4 is 128 Å². The summed E-state index contributed by atoms with van der Waals surface area (Å²) in [5.74, 6) is 0. The molecule has 0 aliphatic rings. The van der Waals surface area contributed by atoms with Crippen molar-refractivity contribution < 1.29 is 5.11 Å². The minimum atomic E-state index is -3.25. The van der Waals surface area contributed by atoms with Crippen LogP contribution in [-0.2, 0) is 5.11 Å². The SMILES string of the molecule is [O]C(Cl)(C(Cl)(Cl)Cl)C(Cl)(C(Cl)(Cl)Cl)C(Cl)(Cl)Cl. The topological polar surface area (TPSA) is 19.9 Å². The number of halogens is 11. The van der Waals surface area contributed by atoms with Gasteiger partial charge < -0.3 is 0 Å². The predicted octanol–water partition coefficient (Wildman–Crippen LogP) is 6.44. The maximum atomic E-state index is 12.2. The van der Waals surface area contributed by atoms with Gasteiger partial charge in [0.15, 0.2) is 4.87 Å². The molecule has 0 rings (SSSR count). The number of alkyl halides is 11. The van der Waals surface area contributed by atoms with Crippen molar-refractivity contribution in [2.24, 2.45) is 0 Å². The van der Waals surface area contributed by atoms with Crippen molar-refractivity contribution in [2.45, 2.75) is 21.3 Å². The van der Waals surface area contributed by atoms with Crippen LogP contribution in [0.4, 0.5) is 0 Å². The van der Waals surface area contributed by atoms with Crippen LogP contribution in [-0.4, -0.2) is 21.3 Å². The first kappa shape index (κ1) is 20.1. The summed E-state index contributed by atoms with van der Waals surface area (Å²) in [6.45, 7) is 0. The van der Waals surface area contributed by atoms with E-state index in [4.69, 9.17) is 128 Å². The van der Waals surface area contributed by atoms with E-state index in [1.165, 1.54) is 0 Å². The molecule has 0 fully saturated rings. The average Bonchev–Trinajstić information content (AvgIpc) is 1.95. The van der Waals surface area contributed by atoms with Gasteiger partial charge in [-0.3, -0.25) is 0 Å². The average molecular weight is 466 g/mol. The highest BCUT2D eigenvalue weighted by Crippen LogP contribution is 2.66. The highest BCUT2D eigenvalue weighted by molar-refractivity contribution is 6.80. The number of rotatable bonds is 1. The van der Waals surface area contributed by atoms with Crippen LogP contribution in [0, 0.1) is 0 Å². The third-order valence-corrected chi connectivity index (χ3v) is 6.46. The standard InChI is InChI=1S/C5Cl11O/c6-1(3(8,9)10,4(11,12)13)2(7,17)5(14,15)16. The van der Waals surface area contributed by atoms with Gasteiger partial charge in [-0.05, 0) is 0 Å². The first-order valence-corrected chi connectivity index (χ1v) is 7.44. The zero-order chi connectivity index (χ0) is 14.5. The van der Waals surface area contributed by atoms with E-state index in [-0.39, 0.29) is 0 Å². The molecular formula is C5Cl11O. The fourth-order valence-corrected chi connectivity index (χ4v) is 4.09. The second-order valence-corrected chi connectivity index (χ2v) is 10.7. The van der Waals surface area contributed by atoms with Gasteiger partial charge in [-0.15, -0.1) is 11.6 Å². The highest BCUT2D eigenvalue weighted by atomic mass is 35.6. The molecule has 0 saturated carbocycles. The van der Waals surface area contributed by atoms with Gasteiger partial charge >= 0.3 is 0 Å². The van der Waals surface area contributed by atoms with E-state index in [1.807, 2.05) is 0 Å². The summed E-state index contributed by atoms with van der Waals surface area (Å²) in [5, 5.41) is 8.92. The van der Waals surface area contributed by atoms with E-state index in [2.05, 4.69) is 0 Å². The fraction of sp³-hybridized carbons (Fsp3) is 1.00. The Morgan fingerprint density at radius 2 is 0.706 bits per heavy atom. The van der Waals surface area contributed by atoms with Crippen LogP contribution in [0.25, 0.3) is 0 Å². The van der Waals surface area contributed by atoms with Gasteiger partial charge in [-0.1, -0.05) is 116 Å². The Morgan fingerprint density at radius 3 is 0.765 bits per heavy atom. The Morgan fingerprint density at radius 1 is 0.471 bits per heavy atom. The molecule has 0 aromatic heterocycles. The summed E-state index contributed by atoms with van der Waals surface area (Å²) in [6.07, 6.45) is 0. The molecule has 0 saturated heterocycles. The molecule has 0 aromatic rings. The zero-order valence-electron chi connectivity index (χ0n) is 7.07. The lowest BCUT2D eigenvalue weighted by molar-refractivity contribution is 0.0135. The van der Waals surface area contributed by atoms with Crippen LogP contribution in [0.3, 0.4) is 0 Å². The molecule has 0 spiro atoms. The quantitative estimate of drug-likeness (QED) is 0.397. The number of hydrogen-bond donors (Lipinski definition) is 0. The van der Waals surface area contributed by atoms with Crippen LogP contribution in [0.2, 0.25) is 0 Å². The van der Waals surface area contributed by atoms with Crippen molar-refractivity contribution in [3.8, 4) is 0 Å². The second kappa shape index (κ2) is 5.74. The molecule has 1 radical (unpaired) electrons. The predicted molar refractivity (Wildman–Crippen MR) is 78.7 cm³/mol. The monoisotopic (exact) mass is 461 g/mol. The van der Waals surface area contributed by atoms with E-state index in [0.29, 0.717) is 0 Å². The molecule has 1 nitrogen and oxygen atoms in total. The molecule has 0 aromatic carbocycles. The van der Waals surface area contributed by atoms with Crippen molar-refractivity contribution in [3.05, 3.63) is 0 Å². The van der Waals surface area contributed by atoms with E-state index < -0.39 is 21.3 Å². The van der Waals surface area contributed by atoms with Gasteiger partial charge in [0, 0.05) is 0 Å². The summed E-state index contributed by atoms with van der Waals surface area (Å²) in [4.78, 5) is -2.87. The summed E-state index contributed by atoms with van der Waals surface area (Å²) in [6, 6.07) is 0. The molecule has 0 heterocycles. The van der Waals surface area contributed by atoms with E-state index in [1.54, 1.807) is 0 Å². The minimum Gasteiger partial charge on any atom is -0.205 e. The molecule has 1 atom stereocenters. The van der Waals surface area contributed by atoms with Gasteiger partial charge in [0.2, 0.25) is 16.4 Å². The molecular weight excluding hydrogens is 466 g/mol. The molecule has 0 amide bonds. The van der Waals surface area contributed by atoms with Crippen molar-refractivity contribution in [1.29, 1.82) is 0 Å². The largest absolute Gasteiger partial charge is 0.250 e. The third-order valence-electron chi connectivity index (χ3n) is 1.59. The van der Waals surface area contributed by atoms with Gasteiger partial charge in [0.1, 0.15) is 0 Å². The first-order chi connectivity index (χ1) is 7.00. The zero-order valence-corrected chi connectivity index (χ0v) is 15.4. The Labute approximate surface area is 152 Å². The van der Waals surface area contributed by atoms with Gasteiger partial charge in [0.25, 0.3) is 0 Å². The highest BCUT2D eigenvalue weighted by Gasteiger charge is 2.77. The molecule has 0 aliphatic carbocycles. The van der Waals surface area contributed by atoms with Crippen molar-refractivity contribution in [1.82, 2.24) is 0 Å². The number of hydrogen-bond acceptors (Lipinski definition) is 0. The van der Waals surface area contributed by atoms with Crippen molar-refractivity contribution in [2.75, 3.05) is 0 Å². The van der Waals surface area contributed by atoms with E-state index >= 15 is 0 Å². The molecule has 17 heavy (non-hydrogen) atoms. The van der Waals surface area contributed by atoms with Gasteiger partial charge in [-0.2, -0.15) is 0 Å². The van der Waals surface area contributed by atoms with Gasteiger partial charge in [-0.25, -0.2) is 5.11 Å². The Balaban J connectivity index is 6.04. The van der Waals surface area contributed by atoms with E-state index in [9.17, 15) is 5.11 Å². The molecule has 0 N–H and O–H groups in total. The second-order valence-electron chi connectivity index (χ2n) is 2.75. The maximum Gasteiger partial charge on any atom is 0.250 e. The lowest BCUT2D eigenvalue weighted by Crippen LogP contribution is -2.66. The molecule has 103 valence electrons. The third kappa shape index (κ3) is 3.67. The summed E-state index contributed by atoms with van der Waals surface area (Å²) in [7, 11) is 0. The summed E-state index contributed by atoms with van der Waals surface area (Å²) in [5.41, 5.74) is 0. The van der Waals surface area contributed by atoms with Crippen molar-refractivity contribution in [3.63, 3.8) is 0 Å². The smallest absolute Gasteiger partial charge is 0.205 e. The molecule has 0 aliphatic heterocycles. The maximum absolute atomic E-state index is 12.2. The Bertz CT molecular complexity index is 266. The van der Waals surface area contributed by atoms with Crippen LogP contribution >= 0.6 is 128 Å². The normalized spacial score (nSPS) is 19.1. The van der Waals surface area contributed by atoms with Crippen LogP contribution < -0.4 is 0 Å². The van der Waals surface area contributed by atoms with Gasteiger partial charge in [0.05, 0.1) is 0 Å². The summed E-state index contributed by atoms with van der Waals surface area (Å²) < 4.78 is -7.98. The lowest BCUT2D eigenvalue weighted by atomic mass is 10.1. The minimum absolute atomic E-state index is 2.63.